The van der Waals surface area contributed by atoms with E-state index < -0.39 is 0 Å². The highest BCUT2D eigenvalue weighted by Crippen LogP contribution is 2.25. The van der Waals surface area contributed by atoms with E-state index in [-0.39, 0.29) is 17.7 Å². The molecule has 1 aromatic heterocycles. The van der Waals surface area contributed by atoms with Crippen molar-refractivity contribution in [2.45, 2.75) is 13.8 Å². The standard InChI is InChI=1S/C22H23ClN4O2/c1-15(2)21(28)24-12-13-25-22(29)19-14-27(18-6-4-3-5-7-18)26-20(19)16-8-10-17(23)11-9-16/h3-11,14-15H,12-13H2,1-2H3,(H,24,28)(H,25,29). The lowest BCUT2D eigenvalue weighted by Gasteiger charge is -2.09. The molecular weight excluding hydrogens is 388 g/mol. The molecule has 0 unspecified atom stereocenters. The maximum Gasteiger partial charge on any atom is 0.255 e. The molecule has 2 N–H and O–H groups in total. The van der Waals surface area contributed by atoms with Crippen molar-refractivity contribution in [1.82, 2.24) is 20.4 Å². The smallest absolute Gasteiger partial charge is 0.255 e. The molecule has 0 aliphatic rings. The van der Waals surface area contributed by atoms with Gasteiger partial charge in [0.15, 0.2) is 0 Å². The van der Waals surface area contributed by atoms with E-state index in [2.05, 4.69) is 15.7 Å². The summed E-state index contributed by atoms with van der Waals surface area (Å²) >= 11 is 6.00. The van der Waals surface area contributed by atoms with Crippen LogP contribution in [0.15, 0.2) is 60.8 Å². The van der Waals surface area contributed by atoms with Gasteiger partial charge in [-0.1, -0.05) is 55.8 Å². The molecule has 0 spiro atoms. The van der Waals surface area contributed by atoms with Crippen LogP contribution >= 0.6 is 11.6 Å². The number of rotatable bonds is 7. The predicted molar refractivity (Wildman–Crippen MR) is 114 cm³/mol. The van der Waals surface area contributed by atoms with Gasteiger partial charge in [-0.25, -0.2) is 4.68 Å². The molecule has 3 rings (SSSR count). The van der Waals surface area contributed by atoms with Gasteiger partial charge in [-0.05, 0) is 24.3 Å². The van der Waals surface area contributed by atoms with Crippen molar-refractivity contribution in [3.8, 4) is 16.9 Å². The number of aromatic nitrogens is 2. The van der Waals surface area contributed by atoms with Crippen LogP contribution in [-0.4, -0.2) is 34.7 Å². The first-order valence-electron chi connectivity index (χ1n) is 9.42. The molecule has 3 aromatic rings. The molecule has 2 aromatic carbocycles. The van der Waals surface area contributed by atoms with Crippen LogP contribution < -0.4 is 10.6 Å². The average molecular weight is 411 g/mol. The first kappa shape index (κ1) is 20.6. The van der Waals surface area contributed by atoms with E-state index in [0.717, 1.165) is 11.3 Å². The van der Waals surface area contributed by atoms with Crippen molar-refractivity contribution in [2.75, 3.05) is 13.1 Å². The minimum atomic E-state index is -0.254. The van der Waals surface area contributed by atoms with Gasteiger partial charge in [-0.3, -0.25) is 9.59 Å². The minimum absolute atomic E-state index is 0.0435. The summed E-state index contributed by atoms with van der Waals surface area (Å²) in [4.78, 5) is 24.5. The third-order valence-electron chi connectivity index (χ3n) is 4.33. The number of halogens is 1. The number of carbonyl (C=O) groups is 2. The number of nitrogens with zero attached hydrogens (tertiary/aromatic N) is 2. The monoisotopic (exact) mass is 410 g/mol. The topological polar surface area (TPSA) is 76.0 Å². The number of para-hydroxylation sites is 1. The Hall–Kier alpha value is -3.12. The van der Waals surface area contributed by atoms with E-state index in [1.165, 1.54) is 0 Å². The summed E-state index contributed by atoms with van der Waals surface area (Å²) in [6.07, 6.45) is 1.71. The maximum atomic E-state index is 12.8. The number of amides is 2. The first-order chi connectivity index (χ1) is 14.0. The zero-order valence-corrected chi connectivity index (χ0v) is 17.1. The first-order valence-corrected chi connectivity index (χ1v) is 9.80. The van der Waals surface area contributed by atoms with Gasteiger partial charge in [0.05, 0.1) is 11.3 Å². The highest BCUT2D eigenvalue weighted by molar-refractivity contribution is 6.30. The lowest BCUT2D eigenvalue weighted by Crippen LogP contribution is -2.36. The van der Waals surface area contributed by atoms with Gasteiger partial charge in [0.25, 0.3) is 5.91 Å². The molecule has 0 fully saturated rings. The Kier molecular flexibility index (Phi) is 6.67. The molecule has 0 aliphatic heterocycles. The summed E-state index contributed by atoms with van der Waals surface area (Å²) < 4.78 is 1.68. The number of benzene rings is 2. The SMILES string of the molecule is CC(C)C(=O)NCCNC(=O)c1cn(-c2ccccc2)nc1-c1ccc(Cl)cc1. The summed E-state index contributed by atoms with van der Waals surface area (Å²) in [7, 11) is 0. The summed E-state index contributed by atoms with van der Waals surface area (Å²) in [5, 5.41) is 10.9. The minimum Gasteiger partial charge on any atom is -0.354 e. The molecule has 0 saturated heterocycles. The Bertz CT molecular complexity index is 982. The van der Waals surface area contributed by atoms with E-state index in [1.807, 2.05) is 56.3 Å². The Labute approximate surface area is 174 Å². The lowest BCUT2D eigenvalue weighted by molar-refractivity contribution is -0.123. The molecule has 0 saturated carbocycles. The maximum absolute atomic E-state index is 12.8. The Morgan fingerprint density at radius 3 is 2.31 bits per heavy atom. The normalized spacial score (nSPS) is 10.8. The van der Waals surface area contributed by atoms with E-state index in [4.69, 9.17) is 11.6 Å². The molecular formula is C22H23ClN4O2. The van der Waals surface area contributed by atoms with Gasteiger partial charge in [-0.2, -0.15) is 5.10 Å². The van der Waals surface area contributed by atoms with E-state index in [9.17, 15) is 9.59 Å². The van der Waals surface area contributed by atoms with Crippen LogP contribution in [0.5, 0.6) is 0 Å². The quantitative estimate of drug-likeness (QED) is 0.583. The largest absolute Gasteiger partial charge is 0.354 e. The lowest BCUT2D eigenvalue weighted by atomic mass is 10.1. The van der Waals surface area contributed by atoms with E-state index in [1.54, 1.807) is 23.0 Å². The van der Waals surface area contributed by atoms with Crippen molar-refractivity contribution in [1.29, 1.82) is 0 Å². The second-order valence-electron chi connectivity index (χ2n) is 6.88. The molecule has 0 atom stereocenters. The number of hydrogen-bond donors (Lipinski definition) is 2. The van der Waals surface area contributed by atoms with Crippen LogP contribution in [0.25, 0.3) is 16.9 Å². The van der Waals surface area contributed by atoms with Crippen LogP contribution in [0.1, 0.15) is 24.2 Å². The van der Waals surface area contributed by atoms with Crippen LogP contribution in [0.2, 0.25) is 5.02 Å². The summed E-state index contributed by atoms with van der Waals surface area (Å²) in [5.41, 5.74) is 2.66. The summed E-state index contributed by atoms with van der Waals surface area (Å²) in [5.74, 6) is -0.389. The number of nitrogens with one attached hydrogen (secondary N) is 2. The fourth-order valence-corrected chi connectivity index (χ4v) is 2.86. The summed E-state index contributed by atoms with van der Waals surface area (Å²) in [6.45, 7) is 4.34. The van der Waals surface area contributed by atoms with Crippen LogP contribution in [-0.2, 0) is 4.79 Å². The van der Waals surface area contributed by atoms with Gasteiger partial charge in [0.1, 0.15) is 5.69 Å². The molecule has 150 valence electrons. The van der Waals surface area contributed by atoms with Gasteiger partial charge in [-0.15, -0.1) is 0 Å². The molecule has 0 bridgehead atoms. The van der Waals surface area contributed by atoms with E-state index >= 15 is 0 Å². The summed E-state index contributed by atoms with van der Waals surface area (Å²) in [6, 6.07) is 16.8. The second kappa shape index (κ2) is 9.39. The van der Waals surface area contributed by atoms with Crippen molar-refractivity contribution in [3.63, 3.8) is 0 Å². The number of hydrogen-bond acceptors (Lipinski definition) is 3. The van der Waals surface area contributed by atoms with E-state index in [0.29, 0.717) is 29.4 Å². The second-order valence-corrected chi connectivity index (χ2v) is 7.32. The predicted octanol–water partition coefficient (Wildman–Crippen LogP) is 3.69. The molecule has 6 nitrogen and oxygen atoms in total. The Balaban J connectivity index is 1.82. The fraction of sp³-hybridized carbons (Fsp3) is 0.227. The average Bonchev–Trinajstić information content (AvgIpc) is 3.17. The molecule has 2 amide bonds. The van der Waals surface area contributed by atoms with Gasteiger partial charge in [0, 0.05) is 35.8 Å². The van der Waals surface area contributed by atoms with Gasteiger partial charge in [0.2, 0.25) is 5.91 Å². The highest BCUT2D eigenvalue weighted by Gasteiger charge is 2.18. The van der Waals surface area contributed by atoms with Crippen molar-refractivity contribution in [3.05, 3.63) is 71.4 Å². The molecule has 1 heterocycles. The van der Waals surface area contributed by atoms with Crippen LogP contribution in [0, 0.1) is 5.92 Å². The van der Waals surface area contributed by atoms with Gasteiger partial charge < -0.3 is 10.6 Å². The van der Waals surface area contributed by atoms with Crippen LogP contribution in [0.4, 0.5) is 0 Å². The zero-order chi connectivity index (χ0) is 20.8. The van der Waals surface area contributed by atoms with Crippen molar-refractivity contribution >= 4 is 23.4 Å². The fourth-order valence-electron chi connectivity index (χ4n) is 2.74. The third-order valence-corrected chi connectivity index (χ3v) is 4.58. The third kappa shape index (κ3) is 5.23. The zero-order valence-electron chi connectivity index (χ0n) is 16.4. The molecule has 0 aliphatic carbocycles. The van der Waals surface area contributed by atoms with Gasteiger partial charge >= 0.3 is 0 Å². The molecule has 0 radical (unpaired) electrons. The highest BCUT2D eigenvalue weighted by atomic mass is 35.5. The van der Waals surface area contributed by atoms with Crippen LogP contribution in [0.3, 0.4) is 0 Å². The van der Waals surface area contributed by atoms with Crippen molar-refractivity contribution < 1.29 is 9.59 Å². The molecule has 29 heavy (non-hydrogen) atoms. The van der Waals surface area contributed by atoms with Crippen molar-refractivity contribution in [2.24, 2.45) is 5.92 Å². The Morgan fingerprint density at radius 2 is 1.66 bits per heavy atom. The Morgan fingerprint density at radius 1 is 1.00 bits per heavy atom. The number of carbonyl (C=O) groups excluding carboxylic acids is 2. The molecule has 7 heteroatoms.